The highest BCUT2D eigenvalue weighted by molar-refractivity contribution is 5.36. The van der Waals surface area contributed by atoms with Gasteiger partial charge < -0.3 is 4.84 Å². The monoisotopic (exact) mass is 170 g/mol. The van der Waals surface area contributed by atoms with Crippen molar-refractivity contribution >= 4 is 6.47 Å². The number of piperidine rings is 1. The zero-order valence-electron chi connectivity index (χ0n) is 6.51. The highest BCUT2D eigenvalue weighted by Crippen LogP contribution is 2.22. The number of hydroxylamine groups is 1. The molecular formula is C6H10N4O2. The molecule has 0 amide bonds. The summed E-state index contributed by atoms with van der Waals surface area (Å²) < 4.78 is 0. The predicted octanol–water partition coefficient (Wildman–Crippen LogP) is -0.165. The van der Waals surface area contributed by atoms with Gasteiger partial charge in [0.25, 0.3) is 0 Å². The molecule has 0 spiro atoms. The van der Waals surface area contributed by atoms with Crippen LogP contribution in [0.2, 0.25) is 0 Å². The Labute approximate surface area is 69.5 Å². The van der Waals surface area contributed by atoms with Crippen molar-refractivity contribution in [3.63, 3.8) is 0 Å². The highest BCUT2D eigenvalue weighted by Gasteiger charge is 2.35. The molecule has 2 unspecified atom stereocenters. The number of carbonyl (C=O) groups excluding carboxylic acids is 1. The van der Waals surface area contributed by atoms with Crippen molar-refractivity contribution in [2.45, 2.75) is 25.0 Å². The summed E-state index contributed by atoms with van der Waals surface area (Å²) in [5.41, 5.74) is 0. The molecule has 6 heteroatoms. The van der Waals surface area contributed by atoms with Gasteiger partial charge in [-0.2, -0.15) is 5.11 Å². The molecule has 2 heterocycles. The van der Waals surface area contributed by atoms with E-state index in [9.17, 15) is 4.79 Å². The molecule has 2 aliphatic rings. The van der Waals surface area contributed by atoms with Crippen LogP contribution in [-0.2, 0) is 9.63 Å². The molecule has 0 bridgehead atoms. The van der Waals surface area contributed by atoms with E-state index in [0.29, 0.717) is 6.47 Å². The third-order valence-corrected chi connectivity index (χ3v) is 2.07. The number of fused-ring (bicyclic) bond motifs is 1. The van der Waals surface area contributed by atoms with Gasteiger partial charge in [-0.25, -0.2) is 0 Å². The second-order valence-corrected chi connectivity index (χ2v) is 2.82. The second-order valence-electron chi connectivity index (χ2n) is 2.82. The molecule has 1 fully saturated rings. The lowest BCUT2D eigenvalue weighted by Gasteiger charge is -2.27. The summed E-state index contributed by atoms with van der Waals surface area (Å²) in [4.78, 5) is 14.6. The molecule has 0 radical (unpaired) electrons. The van der Waals surface area contributed by atoms with Crippen LogP contribution in [0, 0.1) is 0 Å². The molecule has 0 aromatic rings. The van der Waals surface area contributed by atoms with Crippen molar-refractivity contribution in [2.75, 3.05) is 6.54 Å². The molecule has 2 aliphatic heterocycles. The van der Waals surface area contributed by atoms with Crippen molar-refractivity contribution in [1.29, 1.82) is 0 Å². The molecule has 2 rings (SSSR count). The number of hydrogen-bond donors (Lipinski definition) is 1. The number of rotatable bonds is 2. The zero-order chi connectivity index (χ0) is 8.39. The Hall–Kier alpha value is -1.17. The van der Waals surface area contributed by atoms with E-state index in [1.807, 2.05) is 0 Å². The van der Waals surface area contributed by atoms with E-state index in [2.05, 4.69) is 20.5 Å². The molecule has 1 saturated heterocycles. The van der Waals surface area contributed by atoms with E-state index < -0.39 is 0 Å². The Balaban J connectivity index is 2.00. The number of carbonyl (C=O) groups is 1. The van der Waals surface area contributed by atoms with E-state index >= 15 is 0 Å². The minimum Gasteiger partial charge on any atom is -0.324 e. The summed E-state index contributed by atoms with van der Waals surface area (Å²) >= 11 is 0. The standard InChI is InChI=1S/C6H10N4O2/c11-4-12-10-6-5(8-9-10)2-1-3-7-6/h4-7H,1-3H2. The van der Waals surface area contributed by atoms with E-state index in [1.165, 1.54) is 5.17 Å². The maximum absolute atomic E-state index is 10.0. The Morgan fingerprint density at radius 1 is 1.67 bits per heavy atom. The minimum absolute atomic E-state index is 0.0519. The lowest BCUT2D eigenvalue weighted by Crippen LogP contribution is -2.49. The van der Waals surface area contributed by atoms with Crippen LogP contribution in [0.1, 0.15) is 12.8 Å². The van der Waals surface area contributed by atoms with E-state index in [1.54, 1.807) is 0 Å². The van der Waals surface area contributed by atoms with Gasteiger partial charge in [-0.3, -0.25) is 10.1 Å². The van der Waals surface area contributed by atoms with Crippen LogP contribution in [-0.4, -0.2) is 30.4 Å². The normalized spacial score (nSPS) is 33.2. The third kappa shape index (κ3) is 1.14. The molecule has 12 heavy (non-hydrogen) atoms. The Morgan fingerprint density at radius 3 is 3.42 bits per heavy atom. The molecule has 66 valence electrons. The topological polar surface area (TPSA) is 66.3 Å². The molecule has 1 N–H and O–H groups in total. The van der Waals surface area contributed by atoms with Gasteiger partial charge in [0.05, 0.1) is 0 Å². The van der Waals surface area contributed by atoms with Gasteiger partial charge in [0.15, 0.2) is 6.17 Å². The highest BCUT2D eigenvalue weighted by atomic mass is 16.7. The zero-order valence-corrected chi connectivity index (χ0v) is 6.51. The van der Waals surface area contributed by atoms with Gasteiger partial charge in [0.2, 0.25) is 0 Å². The van der Waals surface area contributed by atoms with Crippen LogP contribution in [0.3, 0.4) is 0 Å². The Kier molecular flexibility index (Phi) is 1.91. The fourth-order valence-electron chi connectivity index (χ4n) is 1.50. The SMILES string of the molecule is O=CON1N=NC2CCCNC21. The summed E-state index contributed by atoms with van der Waals surface area (Å²) in [5.74, 6) is 0. The second kappa shape index (κ2) is 3.06. The summed E-state index contributed by atoms with van der Waals surface area (Å²) in [6.45, 7) is 1.28. The van der Waals surface area contributed by atoms with Crippen molar-refractivity contribution < 1.29 is 9.63 Å². The summed E-state index contributed by atoms with van der Waals surface area (Å²) in [6.07, 6.45) is 2.04. The third-order valence-electron chi connectivity index (χ3n) is 2.07. The van der Waals surface area contributed by atoms with Crippen molar-refractivity contribution in [2.24, 2.45) is 10.3 Å². The van der Waals surface area contributed by atoms with Crippen LogP contribution < -0.4 is 5.32 Å². The maximum atomic E-state index is 10.0. The Morgan fingerprint density at radius 2 is 2.58 bits per heavy atom. The van der Waals surface area contributed by atoms with Crippen molar-refractivity contribution in [3.8, 4) is 0 Å². The van der Waals surface area contributed by atoms with Crippen molar-refractivity contribution in [1.82, 2.24) is 10.5 Å². The van der Waals surface area contributed by atoms with Gasteiger partial charge in [0, 0.05) is 0 Å². The van der Waals surface area contributed by atoms with Crippen LogP contribution in [0.25, 0.3) is 0 Å². The first-order chi connectivity index (χ1) is 5.92. The molecule has 6 nitrogen and oxygen atoms in total. The fourth-order valence-corrected chi connectivity index (χ4v) is 1.50. The smallest absolute Gasteiger partial charge is 0.322 e. The number of nitrogens with zero attached hydrogens (tertiary/aromatic N) is 3. The molecule has 0 aromatic heterocycles. The van der Waals surface area contributed by atoms with Crippen molar-refractivity contribution in [3.05, 3.63) is 0 Å². The van der Waals surface area contributed by atoms with Gasteiger partial charge >= 0.3 is 6.47 Å². The van der Waals surface area contributed by atoms with Crippen LogP contribution >= 0.6 is 0 Å². The molecule has 0 aliphatic carbocycles. The molecule has 2 atom stereocenters. The number of nitrogens with one attached hydrogen (secondary N) is 1. The summed E-state index contributed by atoms with van der Waals surface area (Å²) in [5, 5.41) is 12.1. The molecule has 0 aromatic carbocycles. The van der Waals surface area contributed by atoms with Gasteiger partial charge in [-0.1, -0.05) is 5.17 Å². The molecule has 0 saturated carbocycles. The van der Waals surface area contributed by atoms with E-state index in [4.69, 9.17) is 0 Å². The first kappa shape index (κ1) is 7.48. The first-order valence-corrected chi connectivity index (χ1v) is 3.95. The van der Waals surface area contributed by atoms with Crippen LogP contribution in [0.4, 0.5) is 0 Å². The van der Waals surface area contributed by atoms with Crippen LogP contribution in [0.15, 0.2) is 10.3 Å². The van der Waals surface area contributed by atoms with Gasteiger partial charge in [-0.05, 0) is 24.6 Å². The minimum atomic E-state index is -0.0519. The van der Waals surface area contributed by atoms with E-state index in [-0.39, 0.29) is 12.2 Å². The largest absolute Gasteiger partial charge is 0.324 e. The average Bonchev–Trinajstić information content (AvgIpc) is 2.50. The predicted molar refractivity (Wildman–Crippen MR) is 38.7 cm³/mol. The fraction of sp³-hybridized carbons (Fsp3) is 0.833. The molecular weight excluding hydrogens is 160 g/mol. The van der Waals surface area contributed by atoms with Crippen LogP contribution in [0.5, 0.6) is 0 Å². The average molecular weight is 170 g/mol. The Bertz CT molecular complexity index is 208. The maximum Gasteiger partial charge on any atom is 0.322 e. The number of hydrogen-bond acceptors (Lipinski definition) is 6. The quantitative estimate of drug-likeness (QED) is 0.584. The lowest BCUT2D eigenvalue weighted by atomic mass is 10.1. The van der Waals surface area contributed by atoms with E-state index in [0.717, 1.165) is 19.4 Å². The van der Waals surface area contributed by atoms with Gasteiger partial charge in [0.1, 0.15) is 6.04 Å². The summed E-state index contributed by atoms with van der Waals surface area (Å²) in [7, 11) is 0. The lowest BCUT2D eigenvalue weighted by molar-refractivity contribution is -0.187. The summed E-state index contributed by atoms with van der Waals surface area (Å²) in [6, 6.07) is 0.138. The first-order valence-electron chi connectivity index (χ1n) is 3.95. The van der Waals surface area contributed by atoms with Gasteiger partial charge in [-0.15, -0.1) is 0 Å².